The van der Waals surface area contributed by atoms with Crippen molar-refractivity contribution in [3.05, 3.63) is 58.7 Å². The Morgan fingerprint density at radius 3 is 2.19 bits per heavy atom. The van der Waals surface area contributed by atoms with Crippen LogP contribution in [0.1, 0.15) is 78.6 Å². The van der Waals surface area contributed by atoms with E-state index < -0.39 is 0 Å². The summed E-state index contributed by atoms with van der Waals surface area (Å²) in [5, 5.41) is 2.91. The number of nitrogens with zero attached hydrogens (tertiary/aromatic N) is 2. The van der Waals surface area contributed by atoms with E-state index in [0.717, 1.165) is 11.3 Å². The highest BCUT2D eigenvalue weighted by Crippen LogP contribution is 2.19. The lowest BCUT2D eigenvalue weighted by atomic mass is 9.99. The number of hydrogen-bond acceptors (Lipinski definition) is 4. The first kappa shape index (κ1) is 22.1. The van der Waals surface area contributed by atoms with Crippen LogP contribution in [0.2, 0.25) is 0 Å². The number of nitrogens with two attached hydrogens (primary N) is 1. The van der Waals surface area contributed by atoms with Crippen molar-refractivity contribution < 1.29 is 4.79 Å². The first-order valence-electron chi connectivity index (χ1n) is 8.76. The molecular weight excluding hydrogens is 348 g/mol. The molecule has 0 aliphatic heterocycles. The van der Waals surface area contributed by atoms with E-state index in [1.54, 1.807) is 6.20 Å². The molecule has 0 aliphatic carbocycles. The van der Waals surface area contributed by atoms with Gasteiger partial charge in [-0.25, -0.2) is 9.97 Å². The summed E-state index contributed by atoms with van der Waals surface area (Å²) < 4.78 is 0. The minimum Gasteiger partial charge on any atom is -0.350 e. The zero-order chi connectivity index (χ0) is 18.6. The van der Waals surface area contributed by atoms with E-state index in [2.05, 4.69) is 41.3 Å². The molecule has 0 spiro atoms. The molecule has 5 nitrogen and oxygen atoms in total. The van der Waals surface area contributed by atoms with Gasteiger partial charge in [0, 0.05) is 18.8 Å². The summed E-state index contributed by atoms with van der Waals surface area (Å²) in [6.45, 7) is 10.5. The Hall–Kier alpha value is -1.98. The van der Waals surface area contributed by atoms with Gasteiger partial charge in [0.25, 0.3) is 5.91 Å². The highest BCUT2D eigenvalue weighted by Gasteiger charge is 2.17. The van der Waals surface area contributed by atoms with Gasteiger partial charge >= 0.3 is 0 Å². The maximum Gasteiger partial charge on any atom is 0.254 e. The second-order valence-electron chi connectivity index (χ2n) is 7.01. The molecule has 0 saturated carbocycles. The fourth-order valence-electron chi connectivity index (χ4n) is 2.65. The van der Waals surface area contributed by atoms with Gasteiger partial charge in [0.2, 0.25) is 0 Å². The van der Waals surface area contributed by atoms with Crippen molar-refractivity contribution >= 4 is 18.3 Å². The van der Waals surface area contributed by atoms with Crippen LogP contribution in [0.15, 0.2) is 30.5 Å². The molecule has 0 bridgehead atoms. The zero-order valence-electron chi connectivity index (χ0n) is 16.1. The van der Waals surface area contributed by atoms with Crippen molar-refractivity contribution in [3.8, 4) is 0 Å². The molecule has 2 rings (SSSR count). The second kappa shape index (κ2) is 9.64. The molecule has 1 unspecified atom stereocenters. The summed E-state index contributed by atoms with van der Waals surface area (Å²) >= 11 is 0. The molecule has 1 aromatic carbocycles. The predicted molar refractivity (Wildman–Crippen MR) is 108 cm³/mol. The summed E-state index contributed by atoms with van der Waals surface area (Å²) in [6.07, 6.45) is 1.59. The molecule has 1 amide bonds. The number of rotatable bonds is 6. The van der Waals surface area contributed by atoms with Gasteiger partial charge in [0.05, 0.1) is 11.3 Å². The van der Waals surface area contributed by atoms with Gasteiger partial charge in [-0.1, -0.05) is 52.0 Å². The van der Waals surface area contributed by atoms with E-state index in [0.29, 0.717) is 23.9 Å². The lowest BCUT2D eigenvalue weighted by Gasteiger charge is -2.16. The van der Waals surface area contributed by atoms with Gasteiger partial charge in [-0.15, -0.1) is 12.4 Å². The van der Waals surface area contributed by atoms with Crippen molar-refractivity contribution in [1.29, 1.82) is 0 Å². The lowest BCUT2D eigenvalue weighted by molar-refractivity contribution is 0.0949. The number of halogens is 1. The van der Waals surface area contributed by atoms with Crippen molar-refractivity contribution in [2.24, 2.45) is 5.73 Å². The summed E-state index contributed by atoms with van der Waals surface area (Å²) in [5.41, 5.74) is 9.79. The summed E-state index contributed by atoms with van der Waals surface area (Å²) in [6, 6.07) is 7.99. The van der Waals surface area contributed by atoms with E-state index >= 15 is 0 Å². The molecular formula is C20H29ClN4O. The normalized spacial score (nSPS) is 12.0. The van der Waals surface area contributed by atoms with Crippen molar-refractivity contribution in [2.45, 2.75) is 52.5 Å². The largest absolute Gasteiger partial charge is 0.350 e. The van der Waals surface area contributed by atoms with Crippen LogP contribution in [0.4, 0.5) is 0 Å². The van der Waals surface area contributed by atoms with Crippen LogP contribution in [0.25, 0.3) is 0 Å². The van der Waals surface area contributed by atoms with Crippen LogP contribution in [0.5, 0.6) is 0 Å². The molecule has 3 N–H and O–H groups in total. The standard InChI is InChI=1S/C20H28N4O.ClH/c1-12(2)15-6-8-16(9-7-15)18(21)11-23-20(25)17-10-22-14(5)24-19(17)13(3)4;/h6-10,12-13,18H,11,21H2,1-5H3,(H,23,25);1H. The number of nitrogens with one attached hydrogen (secondary N) is 1. The van der Waals surface area contributed by atoms with Crippen molar-refractivity contribution in [3.63, 3.8) is 0 Å². The number of aromatic nitrogens is 2. The van der Waals surface area contributed by atoms with Gasteiger partial charge in [0.15, 0.2) is 0 Å². The van der Waals surface area contributed by atoms with Gasteiger partial charge in [0.1, 0.15) is 5.82 Å². The number of hydrogen-bond donors (Lipinski definition) is 2. The predicted octanol–water partition coefficient (Wildman–Crippen LogP) is 3.88. The number of carbonyl (C=O) groups is 1. The summed E-state index contributed by atoms with van der Waals surface area (Å²) in [4.78, 5) is 21.1. The van der Waals surface area contributed by atoms with Crippen molar-refractivity contribution in [2.75, 3.05) is 6.54 Å². The molecule has 0 fully saturated rings. The molecule has 1 heterocycles. The number of carbonyl (C=O) groups excluding carboxylic acids is 1. The van der Waals surface area contributed by atoms with Crippen LogP contribution in [0, 0.1) is 6.92 Å². The van der Waals surface area contributed by atoms with E-state index in [-0.39, 0.29) is 30.3 Å². The Balaban J connectivity index is 0.00000338. The Morgan fingerprint density at radius 2 is 1.65 bits per heavy atom. The minimum absolute atomic E-state index is 0. The first-order valence-corrected chi connectivity index (χ1v) is 8.76. The van der Waals surface area contributed by atoms with Crippen LogP contribution in [-0.2, 0) is 0 Å². The second-order valence-corrected chi connectivity index (χ2v) is 7.01. The third-order valence-corrected chi connectivity index (χ3v) is 4.24. The smallest absolute Gasteiger partial charge is 0.254 e. The third kappa shape index (κ3) is 5.51. The highest BCUT2D eigenvalue weighted by atomic mass is 35.5. The minimum atomic E-state index is -0.251. The molecule has 6 heteroatoms. The fraction of sp³-hybridized carbons (Fsp3) is 0.450. The molecule has 0 aliphatic rings. The molecule has 2 aromatic rings. The monoisotopic (exact) mass is 376 g/mol. The quantitative estimate of drug-likeness (QED) is 0.801. The summed E-state index contributed by atoms with van der Waals surface area (Å²) in [5.74, 6) is 1.13. The Labute approximate surface area is 162 Å². The average molecular weight is 377 g/mol. The van der Waals surface area contributed by atoms with Gasteiger partial charge in [-0.2, -0.15) is 0 Å². The van der Waals surface area contributed by atoms with Crippen LogP contribution < -0.4 is 11.1 Å². The lowest BCUT2D eigenvalue weighted by Crippen LogP contribution is -2.33. The van der Waals surface area contributed by atoms with E-state index in [9.17, 15) is 4.79 Å². The van der Waals surface area contributed by atoms with Gasteiger partial charge in [-0.05, 0) is 29.9 Å². The zero-order valence-corrected chi connectivity index (χ0v) is 16.9. The van der Waals surface area contributed by atoms with E-state index in [1.165, 1.54) is 5.56 Å². The van der Waals surface area contributed by atoms with Gasteiger partial charge in [-0.3, -0.25) is 4.79 Å². The average Bonchev–Trinajstić information content (AvgIpc) is 2.59. The Bertz CT molecular complexity index is 729. The van der Waals surface area contributed by atoms with Crippen LogP contribution in [-0.4, -0.2) is 22.4 Å². The highest BCUT2D eigenvalue weighted by molar-refractivity contribution is 5.95. The molecule has 142 valence electrons. The molecule has 1 atom stereocenters. The maximum absolute atomic E-state index is 12.5. The molecule has 0 saturated heterocycles. The van der Waals surface area contributed by atoms with Crippen molar-refractivity contribution in [1.82, 2.24) is 15.3 Å². The maximum atomic E-state index is 12.5. The third-order valence-electron chi connectivity index (χ3n) is 4.24. The van der Waals surface area contributed by atoms with Crippen LogP contribution in [0.3, 0.4) is 0 Å². The molecule has 1 aromatic heterocycles. The summed E-state index contributed by atoms with van der Waals surface area (Å²) in [7, 11) is 0. The van der Waals surface area contributed by atoms with Crippen LogP contribution >= 0.6 is 12.4 Å². The number of benzene rings is 1. The Kier molecular flexibility index (Phi) is 8.18. The molecule has 0 radical (unpaired) electrons. The molecule has 26 heavy (non-hydrogen) atoms. The number of amides is 1. The van der Waals surface area contributed by atoms with Gasteiger partial charge < -0.3 is 11.1 Å². The SMILES string of the molecule is Cc1ncc(C(=O)NCC(N)c2ccc(C(C)C)cc2)c(C(C)C)n1.Cl. The fourth-order valence-corrected chi connectivity index (χ4v) is 2.65. The van der Waals surface area contributed by atoms with E-state index in [4.69, 9.17) is 5.73 Å². The Morgan fingerprint density at radius 1 is 1.08 bits per heavy atom. The van der Waals surface area contributed by atoms with E-state index in [1.807, 2.05) is 32.9 Å². The number of aryl methyl sites for hydroxylation is 1. The topological polar surface area (TPSA) is 80.9 Å². The first-order chi connectivity index (χ1) is 11.8.